The van der Waals surface area contributed by atoms with Gasteiger partial charge in [-0.05, 0) is 30.2 Å². The Morgan fingerprint density at radius 3 is 2.59 bits per heavy atom. The van der Waals surface area contributed by atoms with Crippen LogP contribution in [-0.4, -0.2) is 6.36 Å². The maximum Gasteiger partial charge on any atom is 0.573 e. The van der Waals surface area contributed by atoms with Crippen LogP contribution in [0, 0.1) is 0 Å². The third-order valence-corrected chi connectivity index (χ3v) is 2.92. The van der Waals surface area contributed by atoms with Crippen LogP contribution in [0.15, 0.2) is 22.7 Å². The first-order chi connectivity index (χ1) is 7.83. The van der Waals surface area contributed by atoms with Gasteiger partial charge in [0.15, 0.2) is 0 Å². The molecule has 0 aromatic heterocycles. The van der Waals surface area contributed by atoms with E-state index in [1.54, 1.807) is 0 Å². The lowest BCUT2D eigenvalue weighted by molar-refractivity contribution is -0.274. The van der Waals surface area contributed by atoms with E-state index in [2.05, 4.69) is 20.7 Å². The summed E-state index contributed by atoms with van der Waals surface area (Å²) in [5, 5.41) is 0. The lowest BCUT2D eigenvalue weighted by atomic mass is 10.0. The van der Waals surface area contributed by atoms with Gasteiger partial charge in [0.2, 0.25) is 0 Å². The molecule has 1 unspecified atom stereocenters. The second-order valence-electron chi connectivity index (χ2n) is 3.63. The largest absolute Gasteiger partial charge is 0.573 e. The highest BCUT2D eigenvalue weighted by Gasteiger charge is 2.31. The molecule has 1 atom stereocenters. The van der Waals surface area contributed by atoms with Crippen LogP contribution in [0.5, 0.6) is 5.75 Å². The van der Waals surface area contributed by atoms with Crippen LogP contribution >= 0.6 is 15.9 Å². The summed E-state index contributed by atoms with van der Waals surface area (Å²) in [7, 11) is 0. The van der Waals surface area contributed by atoms with Gasteiger partial charge in [0, 0.05) is 10.5 Å². The Bertz CT molecular complexity index is 381. The summed E-state index contributed by atoms with van der Waals surface area (Å²) in [4.78, 5) is 0. The first kappa shape index (κ1) is 14.3. The zero-order valence-corrected chi connectivity index (χ0v) is 10.8. The van der Waals surface area contributed by atoms with Crippen molar-refractivity contribution in [3.05, 3.63) is 28.2 Å². The Balaban J connectivity index is 2.94. The van der Waals surface area contributed by atoms with Gasteiger partial charge in [0.25, 0.3) is 0 Å². The van der Waals surface area contributed by atoms with Crippen LogP contribution in [0.25, 0.3) is 0 Å². The number of halogens is 4. The smallest absolute Gasteiger partial charge is 0.406 e. The highest BCUT2D eigenvalue weighted by Crippen LogP contribution is 2.31. The van der Waals surface area contributed by atoms with E-state index in [-0.39, 0.29) is 11.8 Å². The van der Waals surface area contributed by atoms with Crippen LogP contribution in [-0.2, 0) is 0 Å². The number of hydrogen-bond donors (Lipinski definition) is 1. The Morgan fingerprint density at radius 1 is 1.41 bits per heavy atom. The molecule has 0 heterocycles. The van der Waals surface area contributed by atoms with E-state index in [0.29, 0.717) is 16.5 Å². The SMILES string of the molecule is CCCC(N)c1cc(OC(F)(F)F)ccc1Br. The van der Waals surface area contributed by atoms with Crippen molar-refractivity contribution in [2.75, 3.05) is 0 Å². The van der Waals surface area contributed by atoms with Gasteiger partial charge in [-0.2, -0.15) is 0 Å². The van der Waals surface area contributed by atoms with E-state index in [0.717, 1.165) is 6.42 Å². The van der Waals surface area contributed by atoms with Crippen molar-refractivity contribution in [1.29, 1.82) is 0 Å². The van der Waals surface area contributed by atoms with Gasteiger partial charge < -0.3 is 10.5 Å². The molecule has 17 heavy (non-hydrogen) atoms. The number of nitrogens with two attached hydrogens (primary N) is 1. The summed E-state index contributed by atoms with van der Waals surface area (Å²) in [5.41, 5.74) is 6.49. The van der Waals surface area contributed by atoms with E-state index >= 15 is 0 Å². The number of ether oxygens (including phenoxy) is 1. The molecular weight excluding hydrogens is 299 g/mol. The van der Waals surface area contributed by atoms with E-state index < -0.39 is 6.36 Å². The highest BCUT2D eigenvalue weighted by molar-refractivity contribution is 9.10. The molecule has 0 spiro atoms. The van der Waals surface area contributed by atoms with E-state index in [9.17, 15) is 13.2 Å². The molecule has 0 aliphatic rings. The van der Waals surface area contributed by atoms with Gasteiger partial charge >= 0.3 is 6.36 Å². The molecule has 0 saturated heterocycles. The van der Waals surface area contributed by atoms with Crippen molar-refractivity contribution in [3.63, 3.8) is 0 Å². The first-order valence-corrected chi connectivity index (χ1v) is 5.93. The average Bonchev–Trinajstić information content (AvgIpc) is 2.19. The predicted octanol–water partition coefficient (Wildman–Crippen LogP) is 4.15. The molecule has 1 aromatic carbocycles. The fraction of sp³-hybridized carbons (Fsp3) is 0.455. The van der Waals surface area contributed by atoms with Crippen molar-refractivity contribution < 1.29 is 17.9 Å². The zero-order valence-electron chi connectivity index (χ0n) is 9.22. The van der Waals surface area contributed by atoms with Crippen molar-refractivity contribution in [1.82, 2.24) is 0 Å². The molecule has 0 aliphatic carbocycles. The molecule has 1 rings (SSSR count). The van der Waals surface area contributed by atoms with Gasteiger partial charge in [0.1, 0.15) is 5.75 Å². The Morgan fingerprint density at radius 2 is 2.06 bits per heavy atom. The Labute approximate surface area is 106 Å². The average molecular weight is 312 g/mol. The highest BCUT2D eigenvalue weighted by atomic mass is 79.9. The lowest BCUT2D eigenvalue weighted by Gasteiger charge is -2.15. The number of hydrogen-bond acceptors (Lipinski definition) is 2. The molecule has 0 fully saturated rings. The van der Waals surface area contributed by atoms with E-state index in [4.69, 9.17) is 5.73 Å². The van der Waals surface area contributed by atoms with Crippen LogP contribution < -0.4 is 10.5 Å². The first-order valence-electron chi connectivity index (χ1n) is 5.14. The predicted molar refractivity (Wildman–Crippen MR) is 62.7 cm³/mol. The van der Waals surface area contributed by atoms with Crippen molar-refractivity contribution in [2.45, 2.75) is 32.2 Å². The van der Waals surface area contributed by atoms with E-state index in [1.807, 2.05) is 6.92 Å². The summed E-state index contributed by atoms with van der Waals surface area (Å²) in [6.45, 7) is 1.96. The second-order valence-corrected chi connectivity index (χ2v) is 4.48. The maximum atomic E-state index is 12.1. The van der Waals surface area contributed by atoms with Crippen LogP contribution in [0.3, 0.4) is 0 Å². The molecule has 0 radical (unpaired) electrons. The van der Waals surface area contributed by atoms with Gasteiger partial charge in [0.05, 0.1) is 0 Å². The zero-order chi connectivity index (χ0) is 13.1. The summed E-state index contributed by atoms with van der Waals surface area (Å²) in [5.74, 6) is -0.248. The van der Waals surface area contributed by atoms with Crippen LogP contribution in [0.4, 0.5) is 13.2 Å². The third-order valence-electron chi connectivity index (χ3n) is 2.20. The molecule has 0 amide bonds. The molecule has 0 bridgehead atoms. The molecule has 2 nitrogen and oxygen atoms in total. The molecule has 6 heteroatoms. The monoisotopic (exact) mass is 311 g/mol. The summed E-state index contributed by atoms with van der Waals surface area (Å²) in [6, 6.07) is 3.77. The molecule has 96 valence electrons. The molecule has 2 N–H and O–H groups in total. The lowest BCUT2D eigenvalue weighted by Crippen LogP contribution is -2.18. The number of rotatable bonds is 4. The van der Waals surface area contributed by atoms with Crippen LogP contribution in [0.1, 0.15) is 31.4 Å². The second kappa shape index (κ2) is 5.73. The fourth-order valence-corrected chi connectivity index (χ4v) is 2.01. The fourth-order valence-electron chi connectivity index (χ4n) is 1.47. The molecule has 1 aromatic rings. The van der Waals surface area contributed by atoms with Gasteiger partial charge in [-0.15, -0.1) is 13.2 Å². The standard InChI is InChI=1S/C11H13BrF3NO/c1-2-3-10(16)8-6-7(4-5-9(8)12)17-11(13,14)15/h4-6,10H,2-3,16H2,1H3. The number of alkyl halides is 3. The molecule has 0 aliphatic heterocycles. The molecular formula is C11H13BrF3NO. The minimum absolute atomic E-state index is 0.248. The number of benzene rings is 1. The summed E-state index contributed by atoms with van der Waals surface area (Å²) < 4.78 is 40.7. The van der Waals surface area contributed by atoms with Crippen LogP contribution in [0.2, 0.25) is 0 Å². The van der Waals surface area contributed by atoms with Gasteiger partial charge in [-0.25, -0.2) is 0 Å². The Hall–Kier alpha value is -0.750. The van der Waals surface area contributed by atoms with E-state index in [1.165, 1.54) is 18.2 Å². The minimum Gasteiger partial charge on any atom is -0.406 e. The van der Waals surface area contributed by atoms with Crippen molar-refractivity contribution >= 4 is 15.9 Å². The third kappa shape index (κ3) is 4.55. The quantitative estimate of drug-likeness (QED) is 0.906. The summed E-state index contributed by atoms with van der Waals surface area (Å²) >= 11 is 3.26. The normalized spacial score (nSPS) is 13.5. The minimum atomic E-state index is -4.68. The van der Waals surface area contributed by atoms with Gasteiger partial charge in [-0.3, -0.25) is 0 Å². The van der Waals surface area contributed by atoms with Crippen molar-refractivity contribution in [2.24, 2.45) is 5.73 Å². The maximum absolute atomic E-state index is 12.1. The van der Waals surface area contributed by atoms with Gasteiger partial charge in [-0.1, -0.05) is 29.3 Å². The summed E-state index contributed by atoms with van der Waals surface area (Å²) in [6.07, 6.45) is -3.12. The Kier molecular flexibility index (Phi) is 4.82. The molecule has 0 saturated carbocycles. The van der Waals surface area contributed by atoms with Crippen molar-refractivity contribution in [3.8, 4) is 5.75 Å². The topological polar surface area (TPSA) is 35.2 Å².